The fraction of sp³-hybridized carbons (Fsp3) is 0.0556. The summed E-state index contributed by atoms with van der Waals surface area (Å²) < 4.78 is 19.5. The van der Waals surface area contributed by atoms with E-state index in [0.29, 0.717) is 27.2 Å². The second kappa shape index (κ2) is 6.97. The van der Waals surface area contributed by atoms with Gasteiger partial charge in [-0.05, 0) is 24.3 Å². The molecule has 4 N–H and O–H groups in total. The van der Waals surface area contributed by atoms with E-state index in [2.05, 4.69) is 9.98 Å². The van der Waals surface area contributed by atoms with Gasteiger partial charge in [-0.2, -0.15) is 4.99 Å². The summed E-state index contributed by atoms with van der Waals surface area (Å²) >= 11 is 6.19. The second-order valence-corrected chi connectivity index (χ2v) is 5.81. The minimum absolute atomic E-state index is 0.227. The number of aliphatic imine (C=N–C) groups is 1. The maximum Gasteiger partial charge on any atom is 0.280 e. The number of carbonyl (C=O) groups excluding carboxylic acids is 1. The van der Waals surface area contributed by atoms with Crippen molar-refractivity contribution >= 4 is 34.2 Å². The van der Waals surface area contributed by atoms with Crippen LogP contribution in [0.5, 0.6) is 5.75 Å². The first-order chi connectivity index (χ1) is 12.4. The van der Waals surface area contributed by atoms with E-state index in [1.54, 1.807) is 18.2 Å². The molecule has 3 rings (SSSR count). The number of carbonyl (C=O) groups is 1. The number of hydrogen-bond donors (Lipinski definition) is 2. The summed E-state index contributed by atoms with van der Waals surface area (Å²) in [6.45, 7) is 0. The Bertz CT molecular complexity index is 1050. The van der Waals surface area contributed by atoms with Crippen LogP contribution in [0.2, 0.25) is 5.02 Å². The van der Waals surface area contributed by atoms with Crippen molar-refractivity contribution < 1.29 is 13.9 Å². The Kier molecular flexibility index (Phi) is 4.73. The van der Waals surface area contributed by atoms with Gasteiger partial charge in [-0.15, -0.1) is 0 Å². The van der Waals surface area contributed by atoms with Crippen LogP contribution in [-0.4, -0.2) is 24.0 Å². The Labute approximate surface area is 153 Å². The van der Waals surface area contributed by atoms with Crippen LogP contribution in [0.25, 0.3) is 22.0 Å². The normalized spacial score (nSPS) is 10.6. The van der Waals surface area contributed by atoms with Gasteiger partial charge < -0.3 is 16.2 Å². The van der Waals surface area contributed by atoms with Crippen molar-refractivity contribution in [3.8, 4) is 17.0 Å². The van der Waals surface area contributed by atoms with E-state index in [0.717, 1.165) is 0 Å². The number of ether oxygens (including phenoxy) is 1. The molecular weight excluding hydrogens is 359 g/mol. The van der Waals surface area contributed by atoms with Crippen LogP contribution in [0.3, 0.4) is 0 Å². The fourth-order valence-electron chi connectivity index (χ4n) is 2.55. The Hall–Kier alpha value is -3.19. The van der Waals surface area contributed by atoms with Crippen LogP contribution >= 0.6 is 11.6 Å². The molecule has 2 aromatic carbocycles. The molecule has 0 radical (unpaired) electrons. The van der Waals surface area contributed by atoms with Gasteiger partial charge in [0.05, 0.1) is 17.8 Å². The number of rotatable bonds is 3. The average molecular weight is 373 g/mol. The number of hydrogen-bond acceptors (Lipinski definition) is 3. The smallest absolute Gasteiger partial charge is 0.280 e. The van der Waals surface area contributed by atoms with Crippen LogP contribution in [0.1, 0.15) is 10.4 Å². The lowest BCUT2D eigenvalue weighted by Gasteiger charge is -2.10. The van der Waals surface area contributed by atoms with Crippen molar-refractivity contribution in [1.29, 1.82) is 0 Å². The van der Waals surface area contributed by atoms with Crippen molar-refractivity contribution in [3.05, 3.63) is 59.0 Å². The van der Waals surface area contributed by atoms with Crippen molar-refractivity contribution in [1.82, 2.24) is 4.98 Å². The summed E-state index contributed by atoms with van der Waals surface area (Å²) in [5.41, 5.74) is 11.3. The maximum atomic E-state index is 14.5. The number of nitrogens with zero attached hydrogens (tertiary/aromatic N) is 2. The number of nitrogens with two attached hydrogens (primary N) is 2. The summed E-state index contributed by atoms with van der Waals surface area (Å²) in [4.78, 5) is 19.8. The number of fused-ring (bicyclic) bond motifs is 1. The van der Waals surface area contributed by atoms with E-state index in [4.69, 9.17) is 27.8 Å². The van der Waals surface area contributed by atoms with Crippen LogP contribution in [0.4, 0.5) is 4.39 Å². The van der Waals surface area contributed by atoms with Gasteiger partial charge in [0.1, 0.15) is 11.6 Å². The maximum absolute atomic E-state index is 14.5. The van der Waals surface area contributed by atoms with Gasteiger partial charge in [-0.3, -0.25) is 9.78 Å². The first-order valence-electron chi connectivity index (χ1n) is 7.47. The summed E-state index contributed by atoms with van der Waals surface area (Å²) in [5.74, 6) is -1.09. The summed E-state index contributed by atoms with van der Waals surface area (Å²) in [6.07, 6.45) is 1.43. The summed E-state index contributed by atoms with van der Waals surface area (Å²) in [5, 5.41) is 1.49. The van der Waals surface area contributed by atoms with Gasteiger partial charge in [0.15, 0.2) is 5.96 Å². The number of halogens is 2. The largest absolute Gasteiger partial charge is 0.497 e. The van der Waals surface area contributed by atoms with Gasteiger partial charge in [0.2, 0.25) is 0 Å². The number of aromatic nitrogens is 1. The third-order valence-corrected chi connectivity index (χ3v) is 4.05. The first kappa shape index (κ1) is 17.6. The number of pyridine rings is 1. The summed E-state index contributed by atoms with van der Waals surface area (Å²) in [6, 6.07) is 9.13. The Balaban J connectivity index is 2.24. The highest BCUT2D eigenvalue weighted by Gasteiger charge is 2.15. The molecule has 0 saturated carbocycles. The van der Waals surface area contributed by atoms with Crippen molar-refractivity contribution in [2.75, 3.05) is 7.11 Å². The van der Waals surface area contributed by atoms with Crippen LogP contribution in [0.15, 0.2) is 47.6 Å². The van der Waals surface area contributed by atoms with Crippen molar-refractivity contribution in [2.24, 2.45) is 16.5 Å². The van der Waals surface area contributed by atoms with Gasteiger partial charge >= 0.3 is 0 Å². The van der Waals surface area contributed by atoms with Crippen molar-refractivity contribution in [2.45, 2.75) is 0 Å². The molecule has 26 heavy (non-hydrogen) atoms. The molecule has 0 spiro atoms. The van der Waals surface area contributed by atoms with E-state index in [-0.39, 0.29) is 17.1 Å². The van der Waals surface area contributed by atoms with E-state index < -0.39 is 11.7 Å². The highest BCUT2D eigenvalue weighted by Crippen LogP contribution is 2.34. The van der Waals surface area contributed by atoms with Gasteiger partial charge in [0, 0.05) is 34.2 Å². The Morgan fingerprint density at radius 3 is 2.62 bits per heavy atom. The highest BCUT2D eigenvalue weighted by atomic mass is 35.5. The average Bonchev–Trinajstić information content (AvgIpc) is 2.61. The first-order valence-corrected chi connectivity index (χ1v) is 7.84. The number of amides is 1. The number of benzene rings is 2. The predicted octanol–water partition coefficient (Wildman–Crippen LogP) is 3.12. The van der Waals surface area contributed by atoms with Crippen molar-refractivity contribution in [3.63, 3.8) is 0 Å². The quantitative estimate of drug-likeness (QED) is 0.543. The van der Waals surface area contributed by atoms with Gasteiger partial charge in [-0.1, -0.05) is 17.7 Å². The Morgan fingerprint density at radius 2 is 1.96 bits per heavy atom. The van der Waals surface area contributed by atoms with Crippen LogP contribution in [0, 0.1) is 5.82 Å². The molecule has 0 aliphatic heterocycles. The Morgan fingerprint density at radius 1 is 1.19 bits per heavy atom. The highest BCUT2D eigenvalue weighted by molar-refractivity contribution is 6.35. The topological polar surface area (TPSA) is 104 Å². The molecule has 1 amide bonds. The zero-order chi connectivity index (χ0) is 18.8. The monoisotopic (exact) mass is 372 g/mol. The molecule has 0 aliphatic rings. The molecule has 6 nitrogen and oxygen atoms in total. The van der Waals surface area contributed by atoms with Crippen LogP contribution < -0.4 is 16.2 Å². The molecule has 0 saturated heterocycles. The molecule has 8 heteroatoms. The molecule has 1 heterocycles. The van der Waals surface area contributed by atoms with E-state index in [9.17, 15) is 9.18 Å². The van der Waals surface area contributed by atoms with Gasteiger partial charge in [-0.25, -0.2) is 4.39 Å². The number of methoxy groups -OCH3 is 1. The second-order valence-electron chi connectivity index (χ2n) is 5.40. The molecule has 0 aliphatic carbocycles. The summed E-state index contributed by atoms with van der Waals surface area (Å²) in [7, 11) is 1.45. The molecule has 1 aromatic heterocycles. The molecule has 132 valence electrons. The fourth-order valence-corrected chi connectivity index (χ4v) is 2.77. The third kappa shape index (κ3) is 3.29. The zero-order valence-electron chi connectivity index (χ0n) is 13.7. The lowest BCUT2D eigenvalue weighted by atomic mass is 10.0. The van der Waals surface area contributed by atoms with Gasteiger partial charge in [0.25, 0.3) is 5.91 Å². The number of guanidine groups is 1. The van der Waals surface area contributed by atoms with E-state index in [1.165, 1.54) is 31.5 Å². The SMILES string of the molecule is COc1ccc(-c2ncc(Cl)c3ccc(C(=O)N=C(N)N)cc23)c(F)c1. The lowest BCUT2D eigenvalue weighted by Crippen LogP contribution is -2.24. The molecule has 0 atom stereocenters. The minimum Gasteiger partial charge on any atom is -0.497 e. The third-order valence-electron chi connectivity index (χ3n) is 3.75. The molecule has 0 bridgehead atoms. The van der Waals surface area contributed by atoms with Crippen LogP contribution in [-0.2, 0) is 0 Å². The standard InChI is InChI=1S/C18H14ClFN4O2/c1-26-10-3-5-12(15(20)7-10)16-13-6-9(17(25)24-18(21)22)2-4-11(13)14(19)8-23-16/h2-8H,1H3,(H4,21,22,24,25). The minimum atomic E-state index is -0.618. The molecule has 0 unspecified atom stereocenters. The molecular formula is C18H14ClFN4O2. The van der Waals surface area contributed by atoms with E-state index in [1.807, 2.05) is 0 Å². The zero-order valence-corrected chi connectivity index (χ0v) is 14.4. The molecule has 3 aromatic rings. The lowest BCUT2D eigenvalue weighted by molar-refractivity contribution is 0.100. The predicted molar refractivity (Wildman–Crippen MR) is 98.8 cm³/mol. The van der Waals surface area contributed by atoms with E-state index >= 15 is 0 Å². The molecule has 0 fully saturated rings.